The molecule has 1 N–H and O–H groups in total. The molecule has 3 rings (SSSR count). The highest BCUT2D eigenvalue weighted by Crippen LogP contribution is 2.42. The Hall–Kier alpha value is -2.03. The van der Waals surface area contributed by atoms with Gasteiger partial charge in [-0.2, -0.15) is 13.2 Å². The highest BCUT2D eigenvalue weighted by atomic mass is 35.5. The molecule has 10 heteroatoms. The Labute approximate surface area is 171 Å². The van der Waals surface area contributed by atoms with Gasteiger partial charge >= 0.3 is 6.18 Å². The van der Waals surface area contributed by atoms with Gasteiger partial charge in [0.2, 0.25) is 5.91 Å². The van der Waals surface area contributed by atoms with Crippen molar-refractivity contribution in [2.45, 2.75) is 57.2 Å². The number of hydrogen-bond acceptors (Lipinski definition) is 4. The molecule has 0 bridgehead atoms. The normalized spacial score (nSPS) is 18.8. The second kappa shape index (κ2) is 8.77. The van der Waals surface area contributed by atoms with Crippen molar-refractivity contribution in [1.29, 1.82) is 0 Å². The molecule has 2 aliphatic rings. The third-order valence-corrected chi connectivity index (χ3v) is 6.03. The molecule has 1 amide bonds. The number of hydrogen-bond donors (Lipinski definition) is 1. The fourth-order valence-electron chi connectivity index (χ4n) is 4.20. The zero-order chi connectivity index (χ0) is 21.2. The average Bonchev–Trinajstić information content (AvgIpc) is 3.13. The van der Waals surface area contributed by atoms with Crippen LogP contribution in [-0.4, -0.2) is 30.0 Å². The molecule has 1 aromatic carbocycles. The Morgan fingerprint density at radius 2 is 1.83 bits per heavy atom. The molecular weight excluding hydrogens is 411 g/mol. The van der Waals surface area contributed by atoms with Gasteiger partial charge in [0.25, 0.3) is 5.69 Å². The molecule has 1 heterocycles. The van der Waals surface area contributed by atoms with E-state index in [1.54, 1.807) is 4.90 Å². The number of benzene rings is 1. The average molecular weight is 434 g/mol. The molecule has 1 aromatic rings. The third-order valence-electron chi connectivity index (χ3n) is 5.72. The summed E-state index contributed by atoms with van der Waals surface area (Å²) >= 11 is 5.76. The predicted octanol–water partition coefficient (Wildman–Crippen LogP) is 4.93. The number of carbonyl (C=O) groups excluding carboxylic acids is 1. The second-order valence-corrected chi connectivity index (χ2v) is 8.17. The van der Waals surface area contributed by atoms with Gasteiger partial charge in [-0.1, -0.05) is 24.4 Å². The van der Waals surface area contributed by atoms with Crippen LogP contribution in [0.1, 0.15) is 50.5 Å². The molecule has 0 aromatic heterocycles. The van der Waals surface area contributed by atoms with Crippen molar-refractivity contribution in [3.8, 4) is 0 Å². The highest BCUT2D eigenvalue weighted by molar-refractivity contribution is 6.31. The van der Waals surface area contributed by atoms with Gasteiger partial charge in [0.15, 0.2) is 0 Å². The maximum Gasteiger partial charge on any atom is 0.418 e. The van der Waals surface area contributed by atoms with Gasteiger partial charge in [-0.05, 0) is 37.7 Å². The summed E-state index contributed by atoms with van der Waals surface area (Å²) in [7, 11) is 0. The lowest BCUT2D eigenvalue weighted by molar-refractivity contribution is -0.384. The van der Waals surface area contributed by atoms with Crippen LogP contribution in [0.25, 0.3) is 0 Å². The smallest absolute Gasteiger partial charge is 0.366 e. The maximum absolute atomic E-state index is 13.0. The van der Waals surface area contributed by atoms with Crippen molar-refractivity contribution in [2.75, 3.05) is 18.0 Å². The lowest BCUT2D eigenvalue weighted by Gasteiger charge is -2.34. The van der Waals surface area contributed by atoms with E-state index in [1.165, 1.54) is 12.8 Å². The van der Waals surface area contributed by atoms with Crippen LogP contribution in [0.4, 0.5) is 24.5 Å². The first-order chi connectivity index (χ1) is 13.6. The molecule has 1 aliphatic heterocycles. The second-order valence-electron chi connectivity index (χ2n) is 7.76. The number of nitro groups is 1. The third kappa shape index (κ3) is 5.32. The summed E-state index contributed by atoms with van der Waals surface area (Å²) in [5.41, 5.74) is -1.77. The monoisotopic (exact) mass is 433 g/mol. The highest BCUT2D eigenvalue weighted by Gasteiger charge is 2.37. The van der Waals surface area contributed by atoms with Crippen molar-refractivity contribution < 1.29 is 22.9 Å². The first kappa shape index (κ1) is 21.7. The van der Waals surface area contributed by atoms with Crippen LogP contribution in [0.3, 0.4) is 0 Å². The summed E-state index contributed by atoms with van der Waals surface area (Å²) in [4.78, 5) is 24.4. The number of halogens is 4. The lowest BCUT2D eigenvalue weighted by atomic mass is 10.0. The molecule has 1 saturated heterocycles. The van der Waals surface area contributed by atoms with Crippen molar-refractivity contribution in [1.82, 2.24) is 5.32 Å². The SMILES string of the molecule is O=C(CC1CCCC1)NC1CCN(c2cc(Cl)c(C(F)(F)F)cc2[N+](=O)[O-])CC1. The van der Waals surface area contributed by atoms with E-state index >= 15 is 0 Å². The number of anilines is 1. The minimum Gasteiger partial charge on any atom is -0.366 e. The van der Waals surface area contributed by atoms with Crippen LogP contribution in [0.2, 0.25) is 5.02 Å². The quantitative estimate of drug-likeness (QED) is 0.527. The first-order valence-corrected chi connectivity index (χ1v) is 10.1. The summed E-state index contributed by atoms with van der Waals surface area (Å²) < 4.78 is 39.1. The number of nitrogens with zero attached hydrogens (tertiary/aromatic N) is 2. The van der Waals surface area contributed by atoms with Gasteiger partial charge in [0, 0.05) is 31.6 Å². The van der Waals surface area contributed by atoms with E-state index in [1.807, 2.05) is 0 Å². The number of piperidine rings is 1. The maximum atomic E-state index is 13.0. The molecule has 160 valence electrons. The Bertz CT molecular complexity index is 774. The van der Waals surface area contributed by atoms with Crippen LogP contribution < -0.4 is 10.2 Å². The van der Waals surface area contributed by atoms with Gasteiger partial charge < -0.3 is 10.2 Å². The fourth-order valence-corrected chi connectivity index (χ4v) is 4.46. The van der Waals surface area contributed by atoms with E-state index < -0.39 is 27.4 Å². The van der Waals surface area contributed by atoms with Gasteiger partial charge in [-0.15, -0.1) is 0 Å². The van der Waals surface area contributed by atoms with Crippen molar-refractivity contribution in [3.63, 3.8) is 0 Å². The molecule has 29 heavy (non-hydrogen) atoms. The van der Waals surface area contributed by atoms with E-state index in [0.717, 1.165) is 18.9 Å². The number of nitro benzene ring substituents is 1. The summed E-state index contributed by atoms with van der Waals surface area (Å²) in [6.07, 6.45) is 1.40. The molecular formula is C19H23ClF3N3O3. The van der Waals surface area contributed by atoms with E-state index in [4.69, 9.17) is 11.6 Å². The molecule has 2 fully saturated rings. The summed E-state index contributed by atoms with van der Waals surface area (Å²) in [6.45, 7) is 0.772. The topological polar surface area (TPSA) is 75.5 Å². The molecule has 6 nitrogen and oxygen atoms in total. The number of alkyl halides is 3. The van der Waals surface area contributed by atoms with Crippen LogP contribution in [0, 0.1) is 16.0 Å². The van der Waals surface area contributed by atoms with Crippen LogP contribution >= 0.6 is 11.6 Å². The molecule has 1 saturated carbocycles. The van der Waals surface area contributed by atoms with Gasteiger partial charge in [0.05, 0.1) is 15.5 Å². The van der Waals surface area contributed by atoms with Crippen molar-refractivity contribution in [2.24, 2.45) is 5.92 Å². The minimum atomic E-state index is -4.77. The van der Waals surface area contributed by atoms with E-state index in [0.29, 0.717) is 44.3 Å². The largest absolute Gasteiger partial charge is 0.418 e. The van der Waals surface area contributed by atoms with Gasteiger partial charge in [-0.25, -0.2) is 0 Å². The van der Waals surface area contributed by atoms with Crippen molar-refractivity contribution >= 4 is 28.9 Å². The van der Waals surface area contributed by atoms with Crippen LogP contribution in [0.15, 0.2) is 12.1 Å². The summed E-state index contributed by atoms with van der Waals surface area (Å²) in [5, 5.41) is 13.8. The Balaban J connectivity index is 1.64. The standard InChI is InChI=1S/C19H23ClF3N3O3/c20-15-11-16(17(26(28)29)10-14(15)19(21,22)23)25-7-5-13(6-8-25)24-18(27)9-12-3-1-2-4-12/h10-13H,1-9H2,(H,24,27). The lowest BCUT2D eigenvalue weighted by Crippen LogP contribution is -2.45. The Kier molecular flexibility index (Phi) is 6.55. The van der Waals surface area contributed by atoms with Crippen LogP contribution in [-0.2, 0) is 11.0 Å². The molecule has 0 unspecified atom stereocenters. The zero-order valence-corrected chi connectivity index (χ0v) is 16.6. The molecule has 1 aliphatic carbocycles. The minimum absolute atomic E-state index is 0.0268. The first-order valence-electron chi connectivity index (χ1n) is 9.74. The fraction of sp³-hybridized carbons (Fsp3) is 0.632. The Morgan fingerprint density at radius 1 is 1.21 bits per heavy atom. The molecule has 0 radical (unpaired) electrons. The predicted molar refractivity (Wildman–Crippen MR) is 103 cm³/mol. The zero-order valence-electron chi connectivity index (χ0n) is 15.8. The van der Waals surface area contributed by atoms with Crippen molar-refractivity contribution in [3.05, 3.63) is 32.8 Å². The summed E-state index contributed by atoms with van der Waals surface area (Å²) in [6, 6.07) is 1.47. The summed E-state index contributed by atoms with van der Waals surface area (Å²) in [5.74, 6) is 0.478. The van der Waals surface area contributed by atoms with E-state index in [9.17, 15) is 28.1 Å². The van der Waals surface area contributed by atoms with E-state index in [2.05, 4.69) is 5.32 Å². The van der Waals surface area contributed by atoms with Crippen LogP contribution in [0.5, 0.6) is 0 Å². The van der Waals surface area contributed by atoms with E-state index in [-0.39, 0.29) is 17.6 Å². The number of amides is 1. The Morgan fingerprint density at radius 3 is 2.38 bits per heavy atom. The number of carbonyl (C=O) groups is 1. The number of nitrogens with one attached hydrogen (secondary N) is 1. The van der Waals surface area contributed by atoms with Gasteiger partial charge in [0.1, 0.15) is 5.69 Å². The van der Waals surface area contributed by atoms with Gasteiger partial charge in [-0.3, -0.25) is 14.9 Å². The number of rotatable bonds is 5. The molecule has 0 atom stereocenters. The molecule has 0 spiro atoms.